The summed E-state index contributed by atoms with van der Waals surface area (Å²) in [5.41, 5.74) is 0. The van der Waals surface area contributed by atoms with E-state index in [0.717, 1.165) is 71.7 Å². The summed E-state index contributed by atoms with van der Waals surface area (Å²) in [4.78, 5) is 7.90. The molecule has 0 aromatic heterocycles. The summed E-state index contributed by atoms with van der Waals surface area (Å²) in [6.45, 7) is 23.2. The molecule has 3 rings (SSSR count). The highest BCUT2D eigenvalue weighted by atomic mass is 16.5. The van der Waals surface area contributed by atoms with E-state index in [9.17, 15) is 0 Å². The number of nitrogens with zero attached hydrogens (tertiary/aromatic N) is 3. The van der Waals surface area contributed by atoms with E-state index in [4.69, 9.17) is 14.2 Å². The molecule has 0 aliphatic carbocycles. The molecule has 0 saturated carbocycles. The lowest BCUT2D eigenvalue weighted by atomic mass is 9.97. The number of hydrogen-bond acceptors (Lipinski definition) is 6. The summed E-state index contributed by atoms with van der Waals surface area (Å²) in [6.07, 6.45) is 6.74. The van der Waals surface area contributed by atoms with Crippen molar-refractivity contribution in [3.05, 3.63) is 5.92 Å². The van der Waals surface area contributed by atoms with Gasteiger partial charge in [0.2, 0.25) is 0 Å². The first kappa shape index (κ1) is 26.4. The Morgan fingerprint density at radius 1 is 0.594 bits per heavy atom. The second kappa shape index (κ2) is 13.0. The van der Waals surface area contributed by atoms with Gasteiger partial charge in [-0.1, -0.05) is 13.8 Å². The van der Waals surface area contributed by atoms with Gasteiger partial charge in [-0.25, -0.2) is 0 Å². The Bertz CT molecular complexity index is 474. The lowest BCUT2D eigenvalue weighted by molar-refractivity contribution is -0.0871. The van der Waals surface area contributed by atoms with Crippen molar-refractivity contribution in [3.63, 3.8) is 0 Å². The highest BCUT2D eigenvalue weighted by Crippen LogP contribution is 2.23. The number of ether oxygens (including phenoxy) is 3. The summed E-state index contributed by atoms with van der Waals surface area (Å²) in [5, 5.41) is 0. The normalized spacial score (nSPS) is 36.1. The van der Waals surface area contributed by atoms with Gasteiger partial charge in [0.25, 0.3) is 0 Å². The van der Waals surface area contributed by atoms with Gasteiger partial charge < -0.3 is 14.2 Å². The first-order valence-corrected chi connectivity index (χ1v) is 13.3. The first-order chi connectivity index (χ1) is 15.3. The summed E-state index contributed by atoms with van der Waals surface area (Å²) in [7, 11) is 0. The molecule has 0 amide bonds. The fourth-order valence-electron chi connectivity index (χ4n) is 5.75. The van der Waals surface area contributed by atoms with Gasteiger partial charge in [-0.3, -0.25) is 14.7 Å². The molecule has 3 saturated heterocycles. The van der Waals surface area contributed by atoms with Gasteiger partial charge in [0, 0.05) is 45.8 Å². The molecule has 0 aromatic rings. The Hall–Kier alpha value is -0.240. The Kier molecular flexibility index (Phi) is 10.7. The van der Waals surface area contributed by atoms with E-state index >= 15 is 0 Å². The van der Waals surface area contributed by atoms with E-state index in [1.165, 1.54) is 12.8 Å². The Morgan fingerprint density at radius 2 is 1.00 bits per heavy atom. The van der Waals surface area contributed by atoms with Crippen LogP contribution in [0.15, 0.2) is 0 Å². The van der Waals surface area contributed by atoms with Crippen LogP contribution in [-0.4, -0.2) is 110 Å². The summed E-state index contributed by atoms with van der Waals surface area (Å²) < 4.78 is 18.2. The fourth-order valence-corrected chi connectivity index (χ4v) is 5.75. The molecule has 6 nitrogen and oxygen atoms in total. The predicted molar refractivity (Wildman–Crippen MR) is 131 cm³/mol. The summed E-state index contributed by atoms with van der Waals surface area (Å²) in [6, 6.07) is 0. The maximum atomic E-state index is 6.26. The second-order valence-electron chi connectivity index (χ2n) is 10.7. The zero-order valence-corrected chi connectivity index (χ0v) is 21.7. The smallest absolute Gasteiger partial charge is 0.0703 e. The molecule has 1 radical (unpaired) electrons. The average molecular weight is 453 g/mol. The maximum Gasteiger partial charge on any atom is 0.0703 e. The van der Waals surface area contributed by atoms with Crippen LogP contribution in [0.4, 0.5) is 0 Å². The van der Waals surface area contributed by atoms with Crippen LogP contribution in [0.25, 0.3) is 0 Å². The van der Waals surface area contributed by atoms with Crippen molar-refractivity contribution in [1.29, 1.82) is 0 Å². The third kappa shape index (κ3) is 8.52. The highest BCUT2D eigenvalue weighted by Gasteiger charge is 2.29. The van der Waals surface area contributed by atoms with E-state index in [-0.39, 0.29) is 0 Å². The molecule has 0 spiro atoms. The highest BCUT2D eigenvalue weighted by molar-refractivity contribution is 4.97. The molecule has 3 heterocycles. The molecule has 187 valence electrons. The first-order valence-electron chi connectivity index (χ1n) is 13.3. The molecule has 6 atom stereocenters. The molecule has 32 heavy (non-hydrogen) atoms. The zero-order valence-electron chi connectivity index (χ0n) is 21.7. The van der Waals surface area contributed by atoms with Gasteiger partial charge in [-0.2, -0.15) is 0 Å². The largest absolute Gasteiger partial charge is 0.373 e. The van der Waals surface area contributed by atoms with Gasteiger partial charge >= 0.3 is 0 Å². The number of morpholine rings is 3. The van der Waals surface area contributed by atoms with E-state index in [1.807, 2.05) is 0 Å². The molecule has 3 fully saturated rings. The van der Waals surface area contributed by atoms with Gasteiger partial charge in [0.15, 0.2) is 0 Å². The summed E-state index contributed by atoms with van der Waals surface area (Å²) in [5.74, 6) is 1.70. The van der Waals surface area contributed by atoms with Crippen molar-refractivity contribution < 1.29 is 14.2 Å². The standard InChI is InChI=1S/C26H50N3O3/c1-7-25-18-29(19-26(8-2)32-25)17-24(9-11-27-13-20(3)30-21(4)14-27)10-12-28-15-22(5)31-23(6)16-28/h20-23,25-26H,7-19H2,1-6H3. The van der Waals surface area contributed by atoms with E-state index in [2.05, 4.69) is 56.2 Å². The molecule has 0 bridgehead atoms. The molecule has 3 aliphatic rings. The minimum Gasteiger partial charge on any atom is -0.373 e. The number of hydrogen-bond donors (Lipinski definition) is 0. The van der Waals surface area contributed by atoms with E-state index in [0.29, 0.717) is 36.6 Å². The van der Waals surface area contributed by atoms with Crippen molar-refractivity contribution in [2.45, 2.75) is 104 Å². The molecular formula is C26H50N3O3. The molecule has 6 heteroatoms. The van der Waals surface area contributed by atoms with Gasteiger partial charge in [-0.05, 0) is 72.4 Å². The quantitative estimate of drug-likeness (QED) is 0.505. The third-order valence-corrected chi connectivity index (χ3v) is 7.22. The van der Waals surface area contributed by atoms with E-state index in [1.54, 1.807) is 5.92 Å². The number of rotatable bonds is 10. The van der Waals surface area contributed by atoms with Crippen LogP contribution in [0.5, 0.6) is 0 Å². The van der Waals surface area contributed by atoms with Crippen LogP contribution >= 0.6 is 0 Å². The SMILES string of the molecule is CCC1CN(C[C](CCN2CC(C)OC(C)C2)CCN2CC(C)OC(C)C2)CC(CC)O1. The molecule has 0 aromatic carbocycles. The minimum absolute atomic E-state index is 0.341. The monoisotopic (exact) mass is 452 g/mol. The van der Waals surface area contributed by atoms with Crippen LogP contribution in [0.2, 0.25) is 0 Å². The third-order valence-electron chi connectivity index (χ3n) is 7.22. The van der Waals surface area contributed by atoms with E-state index < -0.39 is 0 Å². The van der Waals surface area contributed by atoms with Gasteiger partial charge in [0.1, 0.15) is 0 Å². The molecular weight excluding hydrogens is 402 g/mol. The fraction of sp³-hybridized carbons (Fsp3) is 0.962. The van der Waals surface area contributed by atoms with Crippen molar-refractivity contribution >= 4 is 0 Å². The average Bonchev–Trinajstić information content (AvgIpc) is 2.74. The van der Waals surface area contributed by atoms with Crippen LogP contribution in [0.1, 0.15) is 67.2 Å². The minimum atomic E-state index is 0.341. The second-order valence-corrected chi connectivity index (χ2v) is 10.7. The van der Waals surface area contributed by atoms with Gasteiger partial charge in [-0.15, -0.1) is 0 Å². The van der Waals surface area contributed by atoms with Crippen LogP contribution in [0, 0.1) is 5.92 Å². The lowest BCUT2D eigenvalue weighted by Crippen LogP contribution is -2.50. The molecule has 3 aliphatic heterocycles. The van der Waals surface area contributed by atoms with Crippen molar-refractivity contribution in [2.75, 3.05) is 58.9 Å². The zero-order chi connectivity index (χ0) is 23.1. The lowest BCUT2D eigenvalue weighted by Gasteiger charge is -2.40. The molecule has 0 N–H and O–H groups in total. The maximum absolute atomic E-state index is 6.26. The topological polar surface area (TPSA) is 37.4 Å². The van der Waals surface area contributed by atoms with Crippen LogP contribution in [-0.2, 0) is 14.2 Å². The van der Waals surface area contributed by atoms with Crippen molar-refractivity contribution in [2.24, 2.45) is 0 Å². The van der Waals surface area contributed by atoms with Gasteiger partial charge in [0.05, 0.1) is 36.6 Å². The van der Waals surface area contributed by atoms with Crippen LogP contribution in [0.3, 0.4) is 0 Å². The Morgan fingerprint density at radius 3 is 1.38 bits per heavy atom. The van der Waals surface area contributed by atoms with Crippen molar-refractivity contribution in [3.8, 4) is 0 Å². The Balaban J connectivity index is 1.56. The van der Waals surface area contributed by atoms with Crippen LogP contribution < -0.4 is 0 Å². The van der Waals surface area contributed by atoms with Crippen molar-refractivity contribution in [1.82, 2.24) is 14.7 Å². The Labute approximate surface area is 197 Å². The predicted octanol–water partition coefficient (Wildman–Crippen LogP) is 3.45. The molecule has 6 unspecified atom stereocenters. The summed E-state index contributed by atoms with van der Waals surface area (Å²) >= 11 is 0.